The van der Waals surface area contributed by atoms with Crippen molar-refractivity contribution in [3.8, 4) is 11.8 Å². The molecule has 254 valence electrons. The average Bonchev–Trinajstić information content (AvgIpc) is 2.99. The first kappa shape index (κ1) is 44.1. The molecule has 52 heavy (non-hydrogen) atoms. The smallest absolute Gasteiger partial charge is 0.744 e. The molecule has 0 spiro atoms. The summed E-state index contributed by atoms with van der Waals surface area (Å²) in [5.41, 5.74) is -2.20. The number of aromatic nitrogens is 3. The minimum atomic E-state index is -5.59. The van der Waals surface area contributed by atoms with Gasteiger partial charge in [-0.05, 0) is 48.5 Å². The molecule has 0 fully saturated rings. The molecule has 1 heterocycles. The van der Waals surface area contributed by atoms with Gasteiger partial charge in [-0.15, -0.1) is 10.2 Å². The summed E-state index contributed by atoms with van der Waals surface area (Å²) < 4.78 is 107. The third kappa shape index (κ3) is 9.87. The number of aromatic hydroxyl groups is 2. The Morgan fingerprint density at radius 3 is 1.90 bits per heavy atom. The number of carbonyl (C=O) groups is 1. The maximum Gasteiger partial charge on any atom is 1.00 e. The zero-order valence-corrected chi connectivity index (χ0v) is 29.2. The van der Waals surface area contributed by atoms with E-state index < -0.39 is 96.7 Å². The summed E-state index contributed by atoms with van der Waals surface area (Å²) in [6.07, 6.45) is 0. The minimum absolute atomic E-state index is 0. The number of phenols is 1. The number of nitrogens with one attached hydrogen (secondary N) is 2. The van der Waals surface area contributed by atoms with Crippen LogP contribution in [0.5, 0.6) is 11.8 Å². The van der Waals surface area contributed by atoms with Gasteiger partial charge in [0.05, 0.1) is 31.3 Å². The number of fused-ring (bicyclic) bond motifs is 1. The molecule has 4 aromatic carbocycles. The van der Waals surface area contributed by atoms with Crippen molar-refractivity contribution >= 4 is 81.7 Å². The van der Waals surface area contributed by atoms with E-state index in [-0.39, 0.29) is 73.6 Å². The Kier molecular flexibility index (Phi) is 14.2. The average molecular weight is 751 g/mol. The van der Waals surface area contributed by atoms with Gasteiger partial charge in [0.15, 0.2) is 5.75 Å². The van der Waals surface area contributed by atoms with Gasteiger partial charge in [0.25, 0.3) is 0 Å². The summed E-state index contributed by atoms with van der Waals surface area (Å²) in [5, 5.41) is 41.7. The SMILES string of the molecule is O=C(O)c1ccccc1N=Nc1c(S(=O)(=O)[O-])cc2c(S(=O)(=O)[O-])ccc(Nc3nc(O)nc(Nc4cccc(S(=O)(=O)[O-])c4)n3)c2c1O.[Li+].[Li+].[Li+]. The van der Waals surface area contributed by atoms with Crippen LogP contribution in [0.15, 0.2) is 91.6 Å². The Balaban J connectivity index is 0.00000312. The number of carboxylic acids is 1. The zero-order chi connectivity index (χ0) is 35.9. The third-order valence-corrected chi connectivity index (χ3v) is 8.93. The maximum atomic E-state index is 12.3. The molecule has 5 aromatic rings. The van der Waals surface area contributed by atoms with E-state index in [4.69, 9.17) is 0 Å². The molecule has 0 unspecified atom stereocenters. The van der Waals surface area contributed by atoms with E-state index in [0.717, 1.165) is 24.3 Å². The van der Waals surface area contributed by atoms with Crippen molar-refractivity contribution in [2.24, 2.45) is 10.2 Å². The van der Waals surface area contributed by atoms with Gasteiger partial charge >= 0.3 is 68.6 Å². The fraction of sp³-hybridized carbons (Fsp3) is 0. The Morgan fingerprint density at radius 2 is 1.31 bits per heavy atom. The number of nitrogens with zero attached hydrogens (tertiary/aromatic N) is 5. The monoisotopic (exact) mass is 751 g/mol. The summed E-state index contributed by atoms with van der Waals surface area (Å²) in [5.74, 6) is -3.65. The van der Waals surface area contributed by atoms with Crippen molar-refractivity contribution in [2.75, 3.05) is 10.6 Å². The number of benzene rings is 4. The second-order valence-corrected chi connectivity index (χ2v) is 13.6. The molecule has 1 aromatic heterocycles. The molecule has 20 nitrogen and oxygen atoms in total. The number of rotatable bonds is 10. The third-order valence-electron chi connectivity index (χ3n) is 6.36. The zero-order valence-electron chi connectivity index (χ0n) is 26.7. The van der Waals surface area contributed by atoms with Crippen LogP contribution in [-0.2, 0) is 30.4 Å². The first-order chi connectivity index (χ1) is 22.8. The predicted molar refractivity (Wildman–Crippen MR) is 162 cm³/mol. The Morgan fingerprint density at radius 1 is 0.692 bits per heavy atom. The van der Waals surface area contributed by atoms with Crippen LogP contribution < -0.4 is 67.2 Å². The van der Waals surface area contributed by atoms with E-state index in [1.54, 1.807) is 0 Å². The van der Waals surface area contributed by atoms with Crippen molar-refractivity contribution < 1.29 is 116 Å². The standard InChI is InChI=1S/C26H19N7O13S3.3Li/c34-22-20-15(11-19(49(44,45)46)21(22)33-32-16-7-2-1-6-14(16)23(35)36)18(48(41,42)43)9-8-17(20)28-25-29-24(30-26(37)31-25)27-12-4-3-5-13(10-12)47(38,39)40;;;/h1-11,34H,(H,35,36)(H,38,39,40)(H,41,42,43)(H,44,45,46)(H3,27,28,29,30,31,37);;;/q;3*+1/p-3. The Labute approximate surface area is 329 Å². The number of aromatic carboxylic acids is 1. The van der Waals surface area contributed by atoms with E-state index in [0.29, 0.717) is 12.1 Å². The molecule has 0 saturated carbocycles. The number of phenolic OH excluding ortho intramolecular Hbond substituents is 1. The van der Waals surface area contributed by atoms with Crippen LogP contribution >= 0.6 is 0 Å². The number of anilines is 4. The van der Waals surface area contributed by atoms with Crippen LogP contribution in [0.4, 0.5) is 34.6 Å². The van der Waals surface area contributed by atoms with Gasteiger partial charge in [-0.2, -0.15) is 15.0 Å². The molecule has 5 N–H and O–H groups in total. The molecule has 0 saturated heterocycles. The summed E-state index contributed by atoms with van der Waals surface area (Å²) >= 11 is 0. The number of hydrogen-bond acceptors (Lipinski definition) is 19. The van der Waals surface area contributed by atoms with Crippen LogP contribution in [0.1, 0.15) is 10.4 Å². The van der Waals surface area contributed by atoms with Gasteiger partial charge in [0, 0.05) is 11.1 Å². The van der Waals surface area contributed by atoms with E-state index >= 15 is 0 Å². The largest absolute Gasteiger partial charge is 1.00 e. The number of hydrogen-bond donors (Lipinski definition) is 5. The molecular formula is C26H16Li3N7O13S3. The van der Waals surface area contributed by atoms with E-state index in [1.807, 2.05) is 0 Å². The van der Waals surface area contributed by atoms with E-state index in [9.17, 15) is 59.0 Å². The van der Waals surface area contributed by atoms with Crippen molar-refractivity contribution in [3.05, 3.63) is 72.3 Å². The van der Waals surface area contributed by atoms with Crippen LogP contribution in [0, 0.1) is 0 Å². The second kappa shape index (κ2) is 16.7. The van der Waals surface area contributed by atoms with Gasteiger partial charge in [-0.1, -0.05) is 18.2 Å². The molecule has 0 radical (unpaired) electrons. The van der Waals surface area contributed by atoms with Crippen LogP contribution in [0.25, 0.3) is 10.8 Å². The van der Waals surface area contributed by atoms with Gasteiger partial charge in [-0.25, -0.2) is 30.0 Å². The predicted octanol–water partition coefficient (Wildman–Crippen LogP) is -6.24. The molecule has 0 aliphatic carbocycles. The quantitative estimate of drug-likeness (QED) is 0.0503. The van der Waals surface area contributed by atoms with Gasteiger partial charge in [-0.3, -0.25) is 0 Å². The fourth-order valence-electron chi connectivity index (χ4n) is 4.34. The molecule has 0 amide bonds. The van der Waals surface area contributed by atoms with E-state index in [1.165, 1.54) is 30.3 Å². The maximum absolute atomic E-state index is 12.3. The van der Waals surface area contributed by atoms with Gasteiger partial charge < -0.3 is 39.6 Å². The Bertz CT molecular complexity index is 2560. The van der Waals surface area contributed by atoms with Crippen molar-refractivity contribution in [2.45, 2.75) is 14.7 Å². The first-order valence-electron chi connectivity index (χ1n) is 12.9. The number of carboxylic acid groups (broad SMARTS) is 1. The molecule has 0 atom stereocenters. The summed E-state index contributed by atoms with van der Waals surface area (Å²) in [7, 11) is -15.8. The molecule has 0 aliphatic heterocycles. The van der Waals surface area contributed by atoms with E-state index in [2.05, 4.69) is 35.8 Å². The first-order valence-corrected chi connectivity index (χ1v) is 17.1. The topological polar surface area (TPSA) is 337 Å². The van der Waals surface area contributed by atoms with Crippen LogP contribution in [-0.4, -0.2) is 75.2 Å². The van der Waals surface area contributed by atoms with Gasteiger partial charge in [0.2, 0.25) is 11.9 Å². The molecular weight excluding hydrogens is 735 g/mol. The fourth-order valence-corrected chi connectivity index (χ4v) is 6.16. The molecule has 5 rings (SSSR count). The molecule has 0 bridgehead atoms. The van der Waals surface area contributed by atoms with Crippen molar-refractivity contribution in [1.29, 1.82) is 0 Å². The summed E-state index contributed by atoms with van der Waals surface area (Å²) in [6, 6.07) is 10.6. The molecule has 26 heteroatoms. The summed E-state index contributed by atoms with van der Waals surface area (Å²) in [4.78, 5) is 19.8. The normalized spacial score (nSPS) is 11.6. The van der Waals surface area contributed by atoms with Crippen molar-refractivity contribution in [3.63, 3.8) is 0 Å². The summed E-state index contributed by atoms with van der Waals surface area (Å²) in [6.45, 7) is 0. The van der Waals surface area contributed by atoms with Crippen LogP contribution in [0.2, 0.25) is 0 Å². The van der Waals surface area contributed by atoms with Crippen LogP contribution in [0.3, 0.4) is 0 Å². The Hall–Kier alpha value is -4.06. The molecule has 0 aliphatic rings. The number of azo groups is 1. The second-order valence-electron chi connectivity index (χ2n) is 9.55. The van der Waals surface area contributed by atoms with Gasteiger partial charge in [0.1, 0.15) is 41.7 Å². The van der Waals surface area contributed by atoms with Crippen molar-refractivity contribution in [1.82, 2.24) is 15.0 Å². The minimum Gasteiger partial charge on any atom is -0.744 e.